The molecule has 0 bridgehead atoms. The Morgan fingerprint density at radius 1 is 1.47 bits per heavy atom. The Bertz CT molecular complexity index is 455. The summed E-state index contributed by atoms with van der Waals surface area (Å²) in [4.78, 5) is 29.0. The maximum absolute atomic E-state index is 11.8. The largest absolute Gasteiger partial charge is 0.469 e. The van der Waals surface area contributed by atoms with E-state index in [9.17, 15) is 9.59 Å². The summed E-state index contributed by atoms with van der Waals surface area (Å²) in [7, 11) is 1.35. The molecule has 0 radical (unpaired) electrons. The zero-order valence-corrected chi connectivity index (χ0v) is 11.7. The van der Waals surface area contributed by atoms with Crippen LogP contribution in [0.3, 0.4) is 0 Å². The first kappa shape index (κ1) is 13.8. The number of thiazole rings is 1. The van der Waals surface area contributed by atoms with Crippen molar-refractivity contribution < 1.29 is 14.3 Å². The number of anilines is 1. The van der Waals surface area contributed by atoms with Crippen molar-refractivity contribution in [3.63, 3.8) is 0 Å². The van der Waals surface area contributed by atoms with Crippen LogP contribution in [-0.4, -0.2) is 48.5 Å². The molecular formula is C12H17N3O3S. The molecule has 1 aliphatic rings. The fraction of sp³-hybridized carbons (Fsp3) is 0.583. The Labute approximate surface area is 115 Å². The number of amides is 1. The summed E-state index contributed by atoms with van der Waals surface area (Å²) in [6, 6.07) is 0. The minimum Gasteiger partial charge on any atom is -0.469 e. The molecule has 0 spiro atoms. The van der Waals surface area contributed by atoms with Crippen molar-refractivity contribution in [2.45, 2.75) is 19.3 Å². The number of nitrogens with one attached hydrogen (secondary N) is 1. The minimum absolute atomic E-state index is 0.0993. The van der Waals surface area contributed by atoms with Gasteiger partial charge in [0.15, 0.2) is 5.13 Å². The van der Waals surface area contributed by atoms with Crippen LogP contribution >= 0.6 is 11.3 Å². The molecule has 0 aromatic carbocycles. The molecule has 104 valence electrons. The van der Waals surface area contributed by atoms with Gasteiger partial charge in [-0.15, -0.1) is 11.3 Å². The van der Waals surface area contributed by atoms with E-state index in [4.69, 9.17) is 0 Å². The van der Waals surface area contributed by atoms with Gasteiger partial charge >= 0.3 is 5.97 Å². The quantitative estimate of drug-likeness (QED) is 0.813. The minimum atomic E-state index is -0.315. The van der Waals surface area contributed by atoms with E-state index in [1.807, 2.05) is 4.90 Å². The molecule has 0 unspecified atom stereocenters. The van der Waals surface area contributed by atoms with Crippen molar-refractivity contribution in [3.05, 3.63) is 11.1 Å². The van der Waals surface area contributed by atoms with Gasteiger partial charge in [0.05, 0.1) is 25.8 Å². The maximum atomic E-state index is 11.8. The molecule has 0 atom stereocenters. The zero-order chi connectivity index (χ0) is 13.7. The van der Waals surface area contributed by atoms with E-state index in [1.165, 1.54) is 18.4 Å². The fourth-order valence-electron chi connectivity index (χ4n) is 1.92. The lowest BCUT2D eigenvalue weighted by atomic mass is 10.3. The van der Waals surface area contributed by atoms with Crippen LogP contribution in [0, 0.1) is 0 Å². The van der Waals surface area contributed by atoms with Crippen LogP contribution in [0.5, 0.6) is 0 Å². The molecule has 1 aromatic rings. The lowest BCUT2D eigenvalue weighted by Gasteiger charge is -2.14. The Morgan fingerprint density at radius 3 is 2.89 bits per heavy atom. The van der Waals surface area contributed by atoms with E-state index in [1.54, 1.807) is 5.38 Å². The Hall–Kier alpha value is -1.63. The first-order chi connectivity index (χ1) is 9.19. The van der Waals surface area contributed by atoms with E-state index < -0.39 is 0 Å². The van der Waals surface area contributed by atoms with Crippen LogP contribution in [0.25, 0.3) is 0 Å². The molecule has 0 aliphatic carbocycles. The smallest absolute Gasteiger partial charge is 0.311 e. The molecule has 6 nitrogen and oxygen atoms in total. The summed E-state index contributed by atoms with van der Waals surface area (Å²) in [5.74, 6) is -0.216. The first-order valence-corrected chi connectivity index (χ1v) is 7.10. The van der Waals surface area contributed by atoms with E-state index in [0.717, 1.165) is 25.9 Å². The molecule has 1 aromatic heterocycles. The number of methoxy groups -OCH3 is 1. The van der Waals surface area contributed by atoms with E-state index in [2.05, 4.69) is 15.0 Å². The predicted molar refractivity (Wildman–Crippen MR) is 72.1 cm³/mol. The molecule has 1 saturated heterocycles. The summed E-state index contributed by atoms with van der Waals surface area (Å²) in [6.07, 6.45) is 2.34. The summed E-state index contributed by atoms with van der Waals surface area (Å²) < 4.78 is 4.57. The van der Waals surface area contributed by atoms with Crippen LogP contribution in [0.2, 0.25) is 0 Å². The number of esters is 1. The molecule has 2 rings (SSSR count). The number of rotatable bonds is 5. The van der Waals surface area contributed by atoms with Crippen molar-refractivity contribution in [3.8, 4) is 0 Å². The van der Waals surface area contributed by atoms with Crippen molar-refractivity contribution >= 4 is 28.3 Å². The number of aromatic nitrogens is 1. The number of likely N-dealkylation sites (tertiary alicyclic amines) is 1. The highest BCUT2D eigenvalue weighted by Crippen LogP contribution is 2.16. The van der Waals surface area contributed by atoms with E-state index in [0.29, 0.717) is 10.8 Å². The standard InChI is InChI=1S/C12H17N3O3S/c1-18-11(17)6-9-8-19-12(14-9)13-7-10(16)15-4-2-3-5-15/h8H,2-7H2,1H3,(H,13,14). The topological polar surface area (TPSA) is 71.5 Å². The first-order valence-electron chi connectivity index (χ1n) is 6.22. The van der Waals surface area contributed by atoms with Crippen LogP contribution in [0.15, 0.2) is 5.38 Å². The second-order valence-electron chi connectivity index (χ2n) is 4.34. The maximum Gasteiger partial charge on any atom is 0.311 e. The average molecular weight is 283 g/mol. The highest BCUT2D eigenvalue weighted by atomic mass is 32.1. The SMILES string of the molecule is COC(=O)Cc1csc(NCC(=O)N2CCCC2)n1. The van der Waals surface area contributed by atoms with Gasteiger partial charge in [-0.05, 0) is 12.8 Å². The van der Waals surface area contributed by atoms with Gasteiger partial charge in [0.2, 0.25) is 5.91 Å². The van der Waals surface area contributed by atoms with Gasteiger partial charge in [-0.1, -0.05) is 0 Å². The highest BCUT2D eigenvalue weighted by Gasteiger charge is 2.17. The molecule has 1 N–H and O–H groups in total. The van der Waals surface area contributed by atoms with Gasteiger partial charge < -0.3 is 15.0 Å². The van der Waals surface area contributed by atoms with Crippen LogP contribution in [0.1, 0.15) is 18.5 Å². The Balaban J connectivity index is 1.79. The average Bonchev–Trinajstić information content (AvgIpc) is 3.07. The number of ether oxygens (including phenoxy) is 1. The number of hydrogen-bond donors (Lipinski definition) is 1. The second-order valence-corrected chi connectivity index (χ2v) is 5.20. The highest BCUT2D eigenvalue weighted by molar-refractivity contribution is 7.13. The van der Waals surface area contributed by atoms with Crippen molar-refractivity contribution in [1.29, 1.82) is 0 Å². The van der Waals surface area contributed by atoms with Crippen molar-refractivity contribution in [2.24, 2.45) is 0 Å². The number of hydrogen-bond acceptors (Lipinski definition) is 6. The summed E-state index contributed by atoms with van der Waals surface area (Å²) in [5, 5.41) is 5.45. The molecule has 0 saturated carbocycles. The van der Waals surface area contributed by atoms with E-state index >= 15 is 0 Å². The summed E-state index contributed by atoms with van der Waals surface area (Å²) in [6.45, 7) is 1.96. The molecule has 7 heteroatoms. The van der Waals surface area contributed by atoms with Crippen molar-refractivity contribution in [2.75, 3.05) is 32.1 Å². The van der Waals surface area contributed by atoms with Crippen LogP contribution in [-0.2, 0) is 20.7 Å². The molecule has 1 amide bonds. The Kier molecular flexibility index (Phi) is 4.73. The molecular weight excluding hydrogens is 266 g/mol. The van der Waals surface area contributed by atoms with Crippen molar-refractivity contribution in [1.82, 2.24) is 9.88 Å². The lowest BCUT2D eigenvalue weighted by molar-refractivity contribution is -0.139. The third-order valence-corrected chi connectivity index (χ3v) is 3.80. The number of carbonyl (C=O) groups excluding carboxylic acids is 2. The zero-order valence-electron chi connectivity index (χ0n) is 10.8. The lowest BCUT2D eigenvalue weighted by Crippen LogP contribution is -2.32. The Morgan fingerprint density at radius 2 is 2.21 bits per heavy atom. The van der Waals surface area contributed by atoms with Gasteiger partial charge in [0, 0.05) is 18.5 Å². The molecule has 1 fully saturated rings. The number of nitrogens with zero attached hydrogens (tertiary/aromatic N) is 2. The van der Waals surface area contributed by atoms with Gasteiger partial charge in [-0.2, -0.15) is 0 Å². The summed E-state index contributed by atoms with van der Waals surface area (Å²) >= 11 is 1.39. The molecule has 1 aliphatic heterocycles. The van der Waals surface area contributed by atoms with Crippen LogP contribution < -0.4 is 5.32 Å². The van der Waals surface area contributed by atoms with Gasteiger partial charge in [0.1, 0.15) is 0 Å². The molecule has 2 heterocycles. The predicted octanol–water partition coefficient (Wildman–Crippen LogP) is 0.893. The number of carbonyl (C=O) groups is 2. The van der Waals surface area contributed by atoms with Crippen LogP contribution in [0.4, 0.5) is 5.13 Å². The normalized spacial score (nSPS) is 14.5. The monoisotopic (exact) mass is 283 g/mol. The third kappa shape index (κ3) is 3.92. The fourth-order valence-corrected chi connectivity index (χ4v) is 2.63. The van der Waals surface area contributed by atoms with E-state index in [-0.39, 0.29) is 24.8 Å². The van der Waals surface area contributed by atoms with Gasteiger partial charge in [-0.3, -0.25) is 9.59 Å². The second kappa shape index (κ2) is 6.51. The third-order valence-electron chi connectivity index (χ3n) is 2.95. The van der Waals surface area contributed by atoms with Gasteiger partial charge in [-0.25, -0.2) is 4.98 Å². The molecule has 19 heavy (non-hydrogen) atoms. The van der Waals surface area contributed by atoms with Gasteiger partial charge in [0.25, 0.3) is 0 Å². The summed E-state index contributed by atoms with van der Waals surface area (Å²) in [5.41, 5.74) is 0.660.